The van der Waals surface area contributed by atoms with Crippen LogP contribution in [0, 0.1) is 0 Å². The van der Waals surface area contributed by atoms with Gasteiger partial charge < -0.3 is 14.8 Å². The molecule has 1 aliphatic rings. The van der Waals surface area contributed by atoms with Gasteiger partial charge in [0.15, 0.2) is 0 Å². The highest BCUT2D eigenvalue weighted by atomic mass is 16.6. The largest absolute Gasteiger partial charge is 0.478 e. The summed E-state index contributed by atoms with van der Waals surface area (Å²) in [6.45, 7) is 1.94. The van der Waals surface area contributed by atoms with Crippen molar-refractivity contribution in [2.75, 3.05) is 5.32 Å². The van der Waals surface area contributed by atoms with Crippen LogP contribution in [0.1, 0.15) is 28.8 Å². The van der Waals surface area contributed by atoms with Gasteiger partial charge in [0.05, 0.1) is 11.8 Å². The summed E-state index contributed by atoms with van der Waals surface area (Å²) in [4.78, 5) is 24.7. The number of nitrogens with zero attached hydrogens (tertiary/aromatic N) is 2. The van der Waals surface area contributed by atoms with E-state index in [1.165, 1.54) is 6.20 Å². The Morgan fingerprint density at radius 2 is 1.89 bits per heavy atom. The first-order valence-corrected chi connectivity index (χ1v) is 8.88. The number of amides is 1. The number of nitrogens with one attached hydrogen (secondary N) is 1. The molecule has 2 aromatic carbocycles. The normalized spacial score (nSPS) is 17.5. The number of fused-ring (bicyclic) bond motifs is 1. The molecule has 0 radical (unpaired) electrons. The van der Waals surface area contributed by atoms with E-state index < -0.39 is 12.1 Å². The maximum atomic E-state index is 12.5. The predicted octanol–water partition coefficient (Wildman–Crippen LogP) is 3.14. The lowest BCUT2D eigenvalue weighted by Gasteiger charge is -2.14. The van der Waals surface area contributed by atoms with E-state index in [1.807, 2.05) is 31.2 Å². The molecule has 142 valence electrons. The monoisotopic (exact) mass is 377 g/mol. The van der Waals surface area contributed by atoms with Gasteiger partial charge in [-0.15, -0.1) is 0 Å². The van der Waals surface area contributed by atoms with E-state index in [2.05, 4.69) is 10.4 Å². The molecule has 0 saturated carbocycles. The van der Waals surface area contributed by atoms with Crippen molar-refractivity contribution >= 4 is 17.6 Å². The third kappa shape index (κ3) is 3.46. The van der Waals surface area contributed by atoms with Gasteiger partial charge in [0.2, 0.25) is 6.10 Å². The molecule has 1 amide bonds. The number of benzene rings is 2. The number of carbonyl (C=O) groups is 2. The van der Waals surface area contributed by atoms with E-state index in [0.717, 1.165) is 5.56 Å². The van der Waals surface area contributed by atoms with Crippen LogP contribution in [0.4, 0.5) is 5.69 Å². The topological polar surface area (TPSA) is 82.4 Å². The number of para-hydroxylation sites is 1. The fourth-order valence-electron chi connectivity index (χ4n) is 3.14. The van der Waals surface area contributed by atoms with Crippen LogP contribution < -0.4 is 14.8 Å². The summed E-state index contributed by atoms with van der Waals surface area (Å²) >= 11 is 0. The quantitative estimate of drug-likeness (QED) is 0.558. The van der Waals surface area contributed by atoms with Crippen LogP contribution in [-0.2, 0) is 11.8 Å². The second-order valence-electron chi connectivity index (χ2n) is 6.67. The van der Waals surface area contributed by atoms with Crippen LogP contribution in [0.15, 0.2) is 60.9 Å². The zero-order valence-electron chi connectivity index (χ0n) is 15.5. The Kier molecular flexibility index (Phi) is 4.57. The number of rotatable bonds is 4. The number of carbonyl (C=O) groups excluding carboxylic acids is 2. The molecule has 7 heteroatoms. The Balaban J connectivity index is 1.38. The van der Waals surface area contributed by atoms with Crippen molar-refractivity contribution in [2.45, 2.75) is 18.9 Å². The summed E-state index contributed by atoms with van der Waals surface area (Å²) in [6.07, 6.45) is 2.45. The number of hydrogen-bond acceptors (Lipinski definition) is 5. The van der Waals surface area contributed by atoms with Crippen LogP contribution in [0.3, 0.4) is 0 Å². The fourth-order valence-corrected chi connectivity index (χ4v) is 3.14. The highest BCUT2D eigenvalue weighted by Gasteiger charge is 2.37. The minimum Gasteiger partial charge on any atom is -0.478 e. The Morgan fingerprint density at radius 1 is 1.14 bits per heavy atom. The zero-order chi connectivity index (χ0) is 19.7. The molecular weight excluding hydrogens is 358 g/mol. The van der Waals surface area contributed by atoms with Gasteiger partial charge in [0.25, 0.3) is 5.91 Å². The van der Waals surface area contributed by atoms with Gasteiger partial charge in [-0.05, 0) is 30.3 Å². The van der Waals surface area contributed by atoms with E-state index in [0.29, 0.717) is 22.7 Å². The highest BCUT2D eigenvalue weighted by molar-refractivity contribution is 6.03. The smallest absolute Gasteiger partial charge is 0.353 e. The van der Waals surface area contributed by atoms with Crippen molar-refractivity contribution in [3.05, 3.63) is 72.1 Å². The lowest BCUT2D eigenvalue weighted by molar-refractivity contribution is -0.142. The Hall–Kier alpha value is -3.61. The van der Waals surface area contributed by atoms with Crippen molar-refractivity contribution < 1.29 is 19.1 Å². The van der Waals surface area contributed by atoms with Crippen molar-refractivity contribution in [2.24, 2.45) is 7.05 Å². The van der Waals surface area contributed by atoms with E-state index in [1.54, 1.807) is 42.2 Å². The summed E-state index contributed by atoms with van der Waals surface area (Å²) < 4.78 is 12.8. The van der Waals surface area contributed by atoms with Gasteiger partial charge in [0.1, 0.15) is 11.5 Å². The minimum atomic E-state index is -0.678. The van der Waals surface area contributed by atoms with E-state index in [4.69, 9.17) is 9.47 Å². The van der Waals surface area contributed by atoms with Crippen molar-refractivity contribution in [1.29, 1.82) is 0 Å². The molecule has 0 aliphatic carbocycles. The molecule has 2 heterocycles. The standard InChI is InChI=1S/C21H19N3O4/c1-13-17-5-3-4-6-18(17)28-19(13)21(26)27-16-9-7-15(8-10-16)23-20(25)14-11-22-24(2)12-14/h3-13,19H,1-2H3,(H,23,25)/t13-,19-/m0/s1. The first-order chi connectivity index (χ1) is 13.5. The Labute approximate surface area is 161 Å². The fraction of sp³-hybridized carbons (Fsp3) is 0.190. The van der Waals surface area contributed by atoms with Gasteiger partial charge in [-0.2, -0.15) is 5.10 Å². The molecule has 0 unspecified atom stereocenters. The molecule has 0 bridgehead atoms. The van der Waals surface area contributed by atoms with Gasteiger partial charge in [-0.25, -0.2) is 4.79 Å². The molecule has 7 nitrogen and oxygen atoms in total. The van der Waals surface area contributed by atoms with Crippen LogP contribution in [0.25, 0.3) is 0 Å². The third-order valence-electron chi connectivity index (χ3n) is 4.65. The van der Waals surface area contributed by atoms with Gasteiger partial charge in [-0.3, -0.25) is 9.48 Å². The second kappa shape index (κ2) is 7.19. The molecule has 1 aromatic heterocycles. The van der Waals surface area contributed by atoms with Crippen LogP contribution >= 0.6 is 0 Å². The SMILES string of the molecule is C[C@H]1c2ccccc2O[C@@H]1C(=O)Oc1ccc(NC(=O)c2cnn(C)c2)cc1. The molecule has 1 aliphatic heterocycles. The summed E-state index contributed by atoms with van der Waals surface area (Å²) in [7, 11) is 1.74. The molecule has 3 aromatic rings. The number of aryl methyl sites for hydroxylation is 1. The molecule has 28 heavy (non-hydrogen) atoms. The Bertz CT molecular complexity index is 1030. The molecule has 0 spiro atoms. The zero-order valence-corrected chi connectivity index (χ0v) is 15.5. The first kappa shape index (κ1) is 17.8. The molecule has 1 N–H and O–H groups in total. The molecule has 0 saturated heterocycles. The van der Waals surface area contributed by atoms with Crippen molar-refractivity contribution in [3.8, 4) is 11.5 Å². The predicted molar refractivity (Wildman–Crippen MR) is 103 cm³/mol. The Morgan fingerprint density at radius 3 is 2.57 bits per heavy atom. The molecule has 0 fully saturated rings. The molecule has 4 rings (SSSR count). The van der Waals surface area contributed by atoms with E-state index in [9.17, 15) is 9.59 Å². The van der Waals surface area contributed by atoms with Crippen molar-refractivity contribution in [1.82, 2.24) is 9.78 Å². The summed E-state index contributed by atoms with van der Waals surface area (Å²) in [5.74, 6) is 0.308. The summed E-state index contributed by atoms with van der Waals surface area (Å²) in [5, 5.41) is 6.74. The number of aromatic nitrogens is 2. The van der Waals surface area contributed by atoms with E-state index >= 15 is 0 Å². The van der Waals surface area contributed by atoms with Gasteiger partial charge in [-0.1, -0.05) is 25.1 Å². The maximum absolute atomic E-state index is 12.5. The van der Waals surface area contributed by atoms with Crippen LogP contribution in [0.5, 0.6) is 11.5 Å². The summed E-state index contributed by atoms with van der Waals surface area (Å²) in [5.41, 5.74) is 2.05. The van der Waals surface area contributed by atoms with Gasteiger partial charge >= 0.3 is 5.97 Å². The number of esters is 1. The number of hydrogen-bond donors (Lipinski definition) is 1. The number of anilines is 1. The van der Waals surface area contributed by atoms with E-state index in [-0.39, 0.29) is 11.8 Å². The van der Waals surface area contributed by atoms with Crippen LogP contribution in [-0.4, -0.2) is 27.8 Å². The highest BCUT2D eigenvalue weighted by Crippen LogP contribution is 2.38. The van der Waals surface area contributed by atoms with Crippen molar-refractivity contribution in [3.63, 3.8) is 0 Å². The molecule has 2 atom stereocenters. The minimum absolute atomic E-state index is 0.0817. The second-order valence-corrected chi connectivity index (χ2v) is 6.67. The van der Waals surface area contributed by atoms with Crippen LogP contribution in [0.2, 0.25) is 0 Å². The number of ether oxygens (including phenoxy) is 2. The maximum Gasteiger partial charge on any atom is 0.353 e. The average Bonchev–Trinajstić information content (AvgIpc) is 3.27. The molecular formula is C21H19N3O4. The average molecular weight is 377 g/mol. The van der Waals surface area contributed by atoms with Gasteiger partial charge in [0, 0.05) is 30.4 Å². The summed E-state index contributed by atoms with van der Waals surface area (Å²) in [6, 6.07) is 14.2. The first-order valence-electron chi connectivity index (χ1n) is 8.88. The third-order valence-corrected chi connectivity index (χ3v) is 4.65. The lowest BCUT2D eigenvalue weighted by atomic mass is 9.98. The lowest BCUT2D eigenvalue weighted by Crippen LogP contribution is -2.32.